The van der Waals surface area contributed by atoms with Crippen LogP contribution in [0, 0.1) is 0 Å². The molecule has 0 unspecified atom stereocenters. The van der Waals surface area contributed by atoms with Crippen LogP contribution in [0.3, 0.4) is 0 Å². The van der Waals surface area contributed by atoms with E-state index in [1.165, 1.54) is 0 Å². The highest BCUT2D eigenvalue weighted by molar-refractivity contribution is 5.85. The van der Waals surface area contributed by atoms with Gasteiger partial charge in [0.15, 0.2) is 0 Å². The van der Waals surface area contributed by atoms with Crippen molar-refractivity contribution in [1.29, 1.82) is 0 Å². The zero-order chi connectivity index (χ0) is 11.1. The first-order valence-corrected chi connectivity index (χ1v) is 5.36. The average Bonchev–Trinajstić information content (AvgIpc) is 2.43. The van der Waals surface area contributed by atoms with Gasteiger partial charge in [0.1, 0.15) is 0 Å². The van der Waals surface area contributed by atoms with Gasteiger partial charge >= 0.3 is 0 Å². The van der Waals surface area contributed by atoms with Gasteiger partial charge in [-0.2, -0.15) is 0 Å². The second kappa shape index (κ2) is 6.40. The first-order valence-electron chi connectivity index (χ1n) is 5.36. The fraction of sp³-hybridized carbons (Fsp3) is 0.800. The smallest absolute Gasteiger partial charge is 0.239 e. The normalized spacial score (nSPS) is 17.1. The van der Waals surface area contributed by atoms with Crippen LogP contribution < -0.4 is 5.32 Å². The lowest BCUT2D eigenvalue weighted by atomic mass is 10.3. The van der Waals surface area contributed by atoms with E-state index in [0.29, 0.717) is 32.7 Å². The van der Waals surface area contributed by atoms with Gasteiger partial charge in [-0.25, -0.2) is 0 Å². The molecule has 0 aliphatic carbocycles. The van der Waals surface area contributed by atoms with Gasteiger partial charge in [-0.05, 0) is 13.3 Å². The molecule has 0 radical (unpaired) electrons. The minimum Gasteiger partial charge on any atom is -0.381 e. The summed E-state index contributed by atoms with van der Waals surface area (Å²) in [6.07, 6.45) is 1.19. The number of nitrogens with zero attached hydrogens (tertiary/aromatic N) is 1. The van der Waals surface area contributed by atoms with Gasteiger partial charge in [0.2, 0.25) is 11.8 Å². The molecule has 0 saturated carbocycles. The summed E-state index contributed by atoms with van der Waals surface area (Å²) in [5.41, 5.74) is 0. The van der Waals surface area contributed by atoms with Crippen molar-refractivity contribution >= 4 is 11.8 Å². The van der Waals surface area contributed by atoms with E-state index in [0.717, 1.165) is 6.42 Å². The summed E-state index contributed by atoms with van der Waals surface area (Å²) in [6, 6.07) is 0. The third-order valence-corrected chi connectivity index (χ3v) is 2.28. The first-order chi connectivity index (χ1) is 7.24. The molecule has 0 bridgehead atoms. The summed E-state index contributed by atoms with van der Waals surface area (Å²) in [4.78, 5) is 24.4. The third-order valence-electron chi connectivity index (χ3n) is 2.28. The predicted octanol–water partition coefficient (Wildman–Crippen LogP) is -0.238. The second-order valence-electron chi connectivity index (χ2n) is 3.47. The van der Waals surface area contributed by atoms with Crippen LogP contribution in [0.4, 0.5) is 0 Å². The molecule has 15 heavy (non-hydrogen) atoms. The summed E-state index contributed by atoms with van der Waals surface area (Å²) < 4.78 is 5.11. The molecule has 0 aromatic carbocycles. The summed E-state index contributed by atoms with van der Waals surface area (Å²) >= 11 is 0. The lowest BCUT2D eigenvalue weighted by molar-refractivity contribution is -0.136. The van der Waals surface area contributed by atoms with E-state index < -0.39 is 0 Å². The molecule has 86 valence electrons. The van der Waals surface area contributed by atoms with Crippen LogP contribution in [0.15, 0.2) is 0 Å². The fourth-order valence-electron chi connectivity index (χ4n) is 1.48. The second-order valence-corrected chi connectivity index (χ2v) is 3.47. The molecule has 2 amide bonds. The maximum absolute atomic E-state index is 11.6. The Labute approximate surface area is 89.8 Å². The van der Waals surface area contributed by atoms with Crippen molar-refractivity contribution in [3.63, 3.8) is 0 Å². The lowest BCUT2D eigenvalue weighted by Gasteiger charge is -2.18. The summed E-state index contributed by atoms with van der Waals surface area (Å²) in [5, 5.41) is 2.73. The quantitative estimate of drug-likeness (QED) is 0.657. The molecule has 1 N–H and O–H groups in total. The Balaban J connectivity index is 2.33. The number of amides is 2. The first kappa shape index (κ1) is 12.0. The minimum atomic E-state index is -0.0720. The van der Waals surface area contributed by atoms with E-state index >= 15 is 0 Å². The Morgan fingerprint density at radius 3 is 3.13 bits per heavy atom. The number of nitrogens with one attached hydrogen (secondary N) is 1. The van der Waals surface area contributed by atoms with E-state index in [4.69, 9.17) is 4.74 Å². The van der Waals surface area contributed by atoms with E-state index in [-0.39, 0.29) is 18.4 Å². The molecule has 0 spiro atoms. The lowest BCUT2D eigenvalue weighted by Crippen LogP contribution is -2.37. The SMILES string of the molecule is CCOCCC(=O)N1CCCNC(=O)C1. The standard InChI is InChI=1S/C10H18N2O3/c1-2-15-7-4-10(14)12-6-3-5-11-9(13)8-12/h2-8H2,1H3,(H,11,13). The number of carbonyl (C=O) groups is 2. The Morgan fingerprint density at radius 2 is 2.40 bits per heavy atom. The van der Waals surface area contributed by atoms with Crippen LogP contribution in [-0.2, 0) is 14.3 Å². The molecule has 0 aromatic rings. The molecule has 1 aliphatic heterocycles. The van der Waals surface area contributed by atoms with Crippen LogP contribution in [0.1, 0.15) is 19.8 Å². The number of ether oxygens (including phenoxy) is 1. The van der Waals surface area contributed by atoms with Gasteiger partial charge in [0, 0.05) is 19.7 Å². The maximum Gasteiger partial charge on any atom is 0.239 e. The molecule has 1 rings (SSSR count). The molecular formula is C10H18N2O3. The highest BCUT2D eigenvalue weighted by atomic mass is 16.5. The van der Waals surface area contributed by atoms with Gasteiger partial charge in [0.25, 0.3) is 0 Å². The Kier molecular flexibility index (Phi) is 5.10. The molecule has 0 atom stereocenters. The highest BCUT2D eigenvalue weighted by Crippen LogP contribution is 2.00. The van der Waals surface area contributed by atoms with Crippen molar-refractivity contribution in [1.82, 2.24) is 10.2 Å². The molecule has 1 aliphatic rings. The largest absolute Gasteiger partial charge is 0.381 e. The maximum atomic E-state index is 11.6. The summed E-state index contributed by atoms with van der Waals surface area (Å²) in [5.74, 6) is -0.0715. The fourth-order valence-corrected chi connectivity index (χ4v) is 1.48. The van der Waals surface area contributed by atoms with E-state index in [9.17, 15) is 9.59 Å². The molecular weight excluding hydrogens is 196 g/mol. The zero-order valence-corrected chi connectivity index (χ0v) is 9.12. The molecule has 0 aromatic heterocycles. The topological polar surface area (TPSA) is 58.6 Å². The van der Waals surface area contributed by atoms with E-state index in [1.807, 2.05) is 6.92 Å². The van der Waals surface area contributed by atoms with Crippen molar-refractivity contribution in [2.75, 3.05) is 32.8 Å². The summed E-state index contributed by atoms with van der Waals surface area (Å²) in [6.45, 7) is 4.45. The number of rotatable bonds is 4. The van der Waals surface area contributed by atoms with Crippen molar-refractivity contribution in [3.8, 4) is 0 Å². The third kappa shape index (κ3) is 4.29. The highest BCUT2D eigenvalue weighted by Gasteiger charge is 2.18. The molecule has 5 nitrogen and oxygen atoms in total. The van der Waals surface area contributed by atoms with Crippen molar-refractivity contribution in [2.24, 2.45) is 0 Å². The molecule has 5 heteroatoms. The Morgan fingerprint density at radius 1 is 1.60 bits per heavy atom. The van der Waals surface area contributed by atoms with Crippen molar-refractivity contribution in [3.05, 3.63) is 0 Å². The van der Waals surface area contributed by atoms with Crippen molar-refractivity contribution < 1.29 is 14.3 Å². The number of carbonyl (C=O) groups excluding carboxylic acids is 2. The average molecular weight is 214 g/mol. The van der Waals surface area contributed by atoms with Gasteiger partial charge in [-0.1, -0.05) is 0 Å². The Bertz CT molecular complexity index is 231. The van der Waals surface area contributed by atoms with Crippen LogP contribution in [-0.4, -0.2) is 49.6 Å². The van der Waals surface area contributed by atoms with Crippen LogP contribution in [0.2, 0.25) is 0 Å². The molecule has 1 saturated heterocycles. The predicted molar refractivity (Wildman–Crippen MR) is 55.3 cm³/mol. The van der Waals surface area contributed by atoms with Crippen LogP contribution >= 0.6 is 0 Å². The molecule has 1 fully saturated rings. The number of hydrogen-bond donors (Lipinski definition) is 1. The van der Waals surface area contributed by atoms with Crippen molar-refractivity contribution in [2.45, 2.75) is 19.8 Å². The van der Waals surface area contributed by atoms with E-state index in [1.54, 1.807) is 4.90 Å². The monoisotopic (exact) mass is 214 g/mol. The molecule has 1 heterocycles. The minimum absolute atomic E-state index is 0.000463. The van der Waals surface area contributed by atoms with Crippen LogP contribution in [0.25, 0.3) is 0 Å². The van der Waals surface area contributed by atoms with Gasteiger partial charge in [-0.3, -0.25) is 9.59 Å². The van der Waals surface area contributed by atoms with Gasteiger partial charge in [0.05, 0.1) is 19.6 Å². The zero-order valence-electron chi connectivity index (χ0n) is 9.12. The van der Waals surface area contributed by atoms with Gasteiger partial charge < -0.3 is 15.0 Å². The summed E-state index contributed by atoms with van der Waals surface area (Å²) in [7, 11) is 0. The number of hydrogen-bond acceptors (Lipinski definition) is 3. The van der Waals surface area contributed by atoms with Gasteiger partial charge in [-0.15, -0.1) is 0 Å². The Hall–Kier alpha value is -1.10. The van der Waals surface area contributed by atoms with Crippen LogP contribution in [0.5, 0.6) is 0 Å². The van der Waals surface area contributed by atoms with E-state index in [2.05, 4.69) is 5.32 Å².